The van der Waals surface area contributed by atoms with Crippen molar-refractivity contribution in [2.24, 2.45) is 5.73 Å². The molecule has 1 aliphatic rings. The molecule has 0 aliphatic carbocycles. The third-order valence-corrected chi connectivity index (χ3v) is 3.98. The molecule has 0 bridgehead atoms. The molecule has 8 nitrogen and oxygen atoms in total. The zero-order chi connectivity index (χ0) is 17.3. The Labute approximate surface area is 137 Å². The molecule has 1 atom stereocenters. The van der Waals surface area contributed by atoms with E-state index in [-0.39, 0.29) is 11.4 Å². The third-order valence-electron chi connectivity index (χ3n) is 3.98. The molecule has 2 aromatic rings. The van der Waals surface area contributed by atoms with E-state index < -0.39 is 23.8 Å². The van der Waals surface area contributed by atoms with E-state index in [1.165, 1.54) is 15.6 Å². The fraction of sp³-hybridized carbons (Fsp3) is 0.250. The van der Waals surface area contributed by atoms with E-state index in [1.807, 2.05) is 6.07 Å². The average Bonchev–Trinajstić information content (AvgIpc) is 3.22. The Morgan fingerprint density at radius 3 is 2.54 bits per heavy atom. The smallest absolute Gasteiger partial charge is 0.326 e. The zero-order valence-corrected chi connectivity index (χ0v) is 12.8. The van der Waals surface area contributed by atoms with Gasteiger partial charge in [0.25, 0.3) is 11.8 Å². The van der Waals surface area contributed by atoms with Crippen LogP contribution >= 0.6 is 0 Å². The van der Waals surface area contributed by atoms with Gasteiger partial charge in [0.05, 0.1) is 5.69 Å². The lowest BCUT2D eigenvalue weighted by Crippen LogP contribution is -2.40. The van der Waals surface area contributed by atoms with Gasteiger partial charge in [-0.05, 0) is 25.0 Å². The van der Waals surface area contributed by atoms with Crippen molar-refractivity contribution >= 4 is 17.8 Å². The highest BCUT2D eigenvalue weighted by Gasteiger charge is 2.35. The quantitative estimate of drug-likeness (QED) is 0.854. The van der Waals surface area contributed by atoms with Gasteiger partial charge in [-0.1, -0.05) is 18.2 Å². The first-order chi connectivity index (χ1) is 11.5. The van der Waals surface area contributed by atoms with Gasteiger partial charge in [0.2, 0.25) is 0 Å². The molecule has 1 aliphatic heterocycles. The summed E-state index contributed by atoms with van der Waals surface area (Å²) < 4.78 is 1.29. The van der Waals surface area contributed by atoms with Crippen LogP contribution < -0.4 is 5.73 Å². The third kappa shape index (κ3) is 2.73. The van der Waals surface area contributed by atoms with Crippen LogP contribution in [0.5, 0.6) is 0 Å². The number of nitrogens with zero attached hydrogens (tertiary/aromatic N) is 3. The summed E-state index contributed by atoms with van der Waals surface area (Å²) in [5.41, 5.74) is 6.03. The largest absolute Gasteiger partial charge is 0.480 e. The number of hydrogen-bond acceptors (Lipinski definition) is 4. The normalized spacial score (nSPS) is 17.0. The van der Waals surface area contributed by atoms with Crippen LogP contribution in [0.4, 0.5) is 0 Å². The highest BCUT2D eigenvalue weighted by atomic mass is 16.4. The van der Waals surface area contributed by atoms with Crippen molar-refractivity contribution in [3.63, 3.8) is 0 Å². The van der Waals surface area contributed by atoms with Gasteiger partial charge >= 0.3 is 5.97 Å². The van der Waals surface area contributed by atoms with E-state index in [1.54, 1.807) is 24.3 Å². The summed E-state index contributed by atoms with van der Waals surface area (Å²) in [6, 6.07) is 9.23. The lowest BCUT2D eigenvalue weighted by molar-refractivity contribution is -0.141. The molecule has 2 heterocycles. The molecule has 0 unspecified atom stereocenters. The first-order valence-electron chi connectivity index (χ1n) is 7.48. The van der Waals surface area contributed by atoms with Crippen LogP contribution in [0, 0.1) is 0 Å². The van der Waals surface area contributed by atoms with Crippen molar-refractivity contribution in [1.82, 2.24) is 14.7 Å². The lowest BCUT2D eigenvalue weighted by atomic mass is 10.2. The number of likely N-dealkylation sites (tertiary alicyclic amines) is 1. The summed E-state index contributed by atoms with van der Waals surface area (Å²) in [5, 5.41) is 13.4. The Morgan fingerprint density at radius 1 is 1.21 bits per heavy atom. The lowest BCUT2D eigenvalue weighted by Gasteiger charge is -2.20. The van der Waals surface area contributed by atoms with E-state index in [0.717, 1.165) is 0 Å². The van der Waals surface area contributed by atoms with Gasteiger partial charge in [0.1, 0.15) is 11.7 Å². The molecular weight excluding hydrogens is 312 g/mol. The second-order valence-electron chi connectivity index (χ2n) is 5.52. The minimum absolute atomic E-state index is 0.000744. The van der Waals surface area contributed by atoms with E-state index in [0.29, 0.717) is 25.1 Å². The summed E-state index contributed by atoms with van der Waals surface area (Å²) >= 11 is 0. The van der Waals surface area contributed by atoms with Crippen molar-refractivity contribution in [1.29, 1.82) is 0 Å². The van der Waals surface area contributed by atoms with Crippen LogP contribution in [-0.4, -0.2) is 50.2 Å². The van der Waals surface area contributed by atoms with Gasteiger partial charge in [-0.15, -0.1) is 0 Å². The number of carbonyl (C=O) groups excluding carboxylic acids is 2. The molecule has 124 valence electrons. The molecule has 1 aromatic carbocycles. The number of aromatic nitrogens is 2. The molecular formula is C16H16N4O4. The maximum absolute atomic E-state index is 12.6. The number of aliphatic carboxylic acids is 1. The summed E-state index contributed by atoms with van der Waals surface area (Å²) in [7, 11) is 0. The molecule has 8 heteroatoms. The number of carboxylic acids is 1. The van der Waals surface area contributed by atoms with Crippen molar-refractivity contribution in [2.45, 2.75) is 18.9 Å². The van der Waals surface area contributed by atoms with Crippen molar-refractivity contribution in [3.8, 4) is 5.69 Å². The molecule has 3 N–H and O–H groups in total. The number of nitrogens with two attached hydrogens (primary N) is 1. The van der Waals surface area contributed by atoms with E-state index >= 15 is 0 Å². The van der Waals surface area contributed by atoms with Crippen molar-refractivity contribution in [3.05, 3.63) is 47.8 Å². The summed E-state index contributed by atoms with van der Waals surface area (Å²) in [6.07, 6.45) is 1.02. The van der Waals surface area contributed by atoms with Crippen molar-refractivity contribution in [2.75, 3.05) is 6.54 Å². The Kier molecular flexibility index (Phi) is 4.03. The SMILES string of the molecule is NC(=O)c1cc(C(=O)N2CCC[C@@H]2C(=O)O)nn1-c1ccccc1. The number of carboxylic acid groups (broad SMARTS) is 1. The highest BCUT2D eigenvalue weighted by Crippen LogP contribution is 2.21. The number of amides is 2. The molecule has 1 saturated heterocycles. The summed E-state index contributed by atoms with van der Waals surface area (Å²) in [6.45, 7) is 0.347. The van der Waals surface area contributed by atoms with E-state index in [9.17, 15) is 19.5 Å². The Hall–Kier alpha value is -3.16. The van der Waals surface area contributed by atoms with Gasteiger partial charge in [-0.25, -0.2) is 9.48 Å². The number of rotatable bonds is 4. The minimum Gasteiger partial charge on any atom is -0.480 e. The standard InChI is InChI=1S/C16H16N4O4/c17-14(21)13-9-11(18-20(13)10-5-2-1-3-6-10)15(22)19-8-4-7-12(19)16(23)24/h1-3,5-6,9,12H,4,7-8H2,(H2,17,21)(H,23,24)/t12-/m1/s1. The minimum atomic E-state index is -1.04. The van der Waals surface area contributed by atoms with Crippen LogP contribution in [0.1, 0.15) is 33.8 Å². The van der Waals surface area contributed by atoms with E-state index in [4.69, 9.17) is 5.73 Å². The topological polar surface area (TPSA) is 119 Å². The van der Waals surface area contributed by atoms with Crippen LogP contribution in [0.3, 0.4) is 0 Å². The molecule has 0 radical (unpaired) electrons. The predicted molar refractivity (Wildman–Crippen MR) is 83.8 cm³/mol. The van der Waals surface area contributed by atoms with Crippen LogP contribution in [-0.2, 0) is 4.79 Å². The molecule has 0 saturated carbocycles. The van der Waals surface area contributed by atoms with Gasteiger partial charge in [0.15, 0.2) is 5.69 Å². The van der Waals surface area contributed by atoms with Crippen LogP contribution in [0.15, 0.2) is 36.4 Å². The summed E-state index contributed by atoms with van der Waals surface area (Å²) in [4.78, 5) is 36.8. The van der Waals surface area contributed by atoms with Crippen LogP contribution in [0.2, 0.25) is 0 Å². The molecule has 0 spiro atoms. The second-order valence-corrected chi connectivity index (χ2v) is 5.52. The highest BCUT2D eigenvalue weighted by molar-refractivity contribution is 5.99. The molecule has 2 amide bonds. The molecule has 3 rings (SSSR count). The predicted octanol–water partition coefficient (Wildman–Crippen LogP) is 0.660. The maximum Gasteiger partial charge on any atom is 0.326 e. The zero-order valence-electron chi connectivity index (χ0n) is 12.8. The Balaban J connectivity index is 1.99. The first kappa shape index (κ1) is 15.7. The van der Waals surface area contributed by atoms with E-state index in [2.05, 4.69) is 5.10 Å². The average molecular weight is 328 g/mol. The number of hydrogen-bond donors (Lipinski definition) is 2. The van der Waals surface area contributed by atoms with Gasteiger partial charge in [0, 0.05) is 12.6 Å². The molecule has 1 fully saturated rings. The summed E-state index contributed by atoms with van der Waals surface area (Å²) in [5.74, 6) is -2.28. The first-order valence-corrected chi connectivity index (χ1v) is 7.48. The number of primary amides is 1. The van der Waals surface area contributed by atoms with Gasteiger partial charge in [-0.3, -0.25) is 9.59 Å². The van der Waals surface area contributed by atoms with Crippen LogP contribution in [0.25, 0.3) is 5.69 Å². The monoisotopic (exact) mass is 328 g/mol. The Morgan fingerprint density at radius 2 is 1.92 bits per heavy atom. The fourth-order valence-corrected chi connectivity index (χ4v) is 2.84. The van der Waals surface area contributed by atoms with Gasteiger partial charge < -0.3 is 15.7 Å². The second kappa shape index (κ2) is 6.15. The fourth-order valence-electron chi connectivity index (χ4n) is 2.84. The number of carbonyl (C=O) groups is 3. The maximum atomic E-state index is 12.6. The van der Waals surface area contributed by atoms with Gasteiger partial charge in [-0.2, -0.15) is 5.10 Å². The molecule has 1 aromatic heterocycles. The van der Waals surface area contributed by atoms with Crippen molar-refractivity contribution < 1.29 is 19.5 Å². The number of benzene rings is 1. The molecule has 24 heavy (non-hydrogen) atoms. The number of para-hydroxylation sites is 1. The Bertz CT molecular complexity index is 800.